The van der Waals surface area contributed by atoms with Crippen molar-refractivity contribution in [1.82, 2.24) is 4.90 Å². The molecule has 1 aliphatic rings. The van der Waals surface area contributed by atoms with Crippen LogP contribution in [-0.4, -0.2) is 29.5 Å². The molecule has 0 aromatic heterocycles. The summed E-state index contributed by atoms with van der Waals surface area (Å²) in [5.41, 5.74) is 2.12. The van der Waals surface area contributed by atoms with Gasteiger partial charge < -0.3 is 10.2 Å². The van der Waals surface area contributed by atoms with Gasteiger partial charge in [-0.15, -0.1) is 11.8 Å². The third-order valence-corrected chi connectivity index (χ3v) is 5.65. The Labute approximate surface area is 160 Å². The molecule has 0 saturated carbocycles. The molecule has 4 nitrogen and oxygen atoms in total. The van der Waals surface area contributed by atoms with Crippen LogP contribution in [0.3, 0.4) is 0 Å². The minimum Gasteiger partial charge on any atom is -0.337 e. The molecule has 0 spiro atoms. The molecule has 2 amide bonds. The van der Waals surface area contributed by atoms with E-state index in [1.165, 1.54) is 0 Å². The molecule has 0 aliphatic carbocycles. The first-order chi connectivity index (χ1) is 11.9. The lowest BCUT2D eigenvalue weighted by atomic mass is 10.1. The van der Waals surface area contributed by atoms with Crippen molar-refractivity contribution in [2.24, 2.45) is 0 Å². The second kappa shape index (κ2) is 7.68. The summed E-state index contributed by atoms with van der Waals surface area (Å²) in [7, 11) is 1.73. The minimum absolute atomic E-state index is 0.0278. The number of benzene rings is 2. The predicted molar refractivity (Wildman–Crippen MR) is 103 cm³/mol. The molecule has 7 heteroatoms. The zero-order valence-corrected chi connectivity index (χ0v) is 15.8. The fourth-order valence-corrected chi connectivity index (χ4v) is 3.81. The number of halogens is 2. The Kier molecular flexibility index (Phi) is 5.57. The summed E-state index contributed by atoms with van der Waals surface area (Å²) in [5.74, 6) is 0.584. The third-order valence-electron chi connectivity index (χ3n) is 3.84. The summed E-state index contributed by atoms with van der Waals surface area (Å²) < 4.78 is 0. The van der Waals surface area contributed by atoms with Gasteiger partial charge in [-0.2, -0.15) is 0 Å². The highest BCUT2D eigenvalue weighted by molar-refractivity contribution is 7.99. The van der Waals surface area contributed by atoms with Crippen LogP contribution in [0.2, 0.25) is 10.0 Å². The Bertz CT molecular complexity index is 842. The summed E-state index contributed by atoms with van der Waals surface area (Å²) in [6.45, 7) is 0.411. The molecule has 1 N–H and O–H groups in total. The highest BCUT2D eigenvalue weighted by Gasteiger charge is 2.18. The maximum Gasteiger partial charge on any atom is 0.253 e. The third kappa shape index (κ3) is 4.29. The largest absolute Gasteiger partial charge is 0.337 e. The lowest BCUT2D eigenvalue weighted by Gasteiger charge is -2.18. The first-order valence-electron chi connectivity index (χ1n) is 7.70. The average Bonchev–Trinajstić information content (AvgIpc) is 2.77. The smallest absolute Gasteiger partial charge is 0.253 e. The number of amides is 2. The summed E-state index contributed by atoms with van der Waals surface area (Å²) in [5, 5.41) is 3.80. The van der Waals surface area contributed by atoms with E-state index in [0.29, 0.717) is 34.3 Å². The van der Waals surface area contributed by atoms with Crippen molar-refractivity contribution in [2.75, 3.05) is 18.1 Å². The van der Waals surface area contributed by atoms with Crippen molar-refractivity contribution in [3.8, 4) is 0 Å². The number of hydrogen-bond donors (Lipinski definition) is 1. The van der Waals surface area contributed by atoms with Crippen LogP contribution >= 0.6 is 35.0 Å². The molecule has 2 aromatic carbocycles. The number of rotatable bonds is 3. The number of hydrogen-bond acceptors (Lipinski definition) is 3. The Morgan fingerprint density at radius 3 is 2.76 bits per heavy atom. The second-order valence-electron chi connectivity index (χ2n) is 5.77. The summed E-state index contributed by atoms with van der Waals surface area (Å²) in [6.07, 6.45) is 0.472. The van der Waals surface area contributed by atoms with Gasteiger partial charge in [0, 0.05) is 36.2 Å². The van der Waals surface area contributed by atoms with Crippen LogP contribution in [0.5, 0.6) is 0 Å². The van der Waals surface area contributed by atoms with Crippen LogP contribution in [0.4, 0.5) is 5.69 Å². The van der Waals surface area contributed by atoms with Gasteiger partial charge in [-0.25, -0.2) is 0 Å². The number of fused-ring (bicyclic) bond motifs is 1. The normalized spacial score (nSPS) is 13.6. The van der Waals surface area contributed by atoms with Gasteiger partial charge in [0.25, 0.3) is 5.91 Å². The molecule has 0 atom stereocenters. The average molecular weight is 395 g/mol. The van der Waals surface area contributed by atoms with E-state index in [1.807, 2.05) is 12.1 Å². The molecule has 1 aliphatic heterocycles. The zero-order chi connectivity index (χ0) is 18.0. The van der Waals surface area contributed by atoms with Gasteiger partial charge in [-0.1, -0.05) is 29.3 Å². The van der Waals surface area contributed by atoms with Crippen molar-refractivity contribution in [2.45, 2.75) is 17.9 Å². The highest BCUT2D eigenvalue weighted by Crippen LogP contribution is 2.32. The van der Waals surface area contributed by atoms with E-state index < -0.39 is 0 Å². The lowest BCUT2D eigenvalue weighted by Crippen LogP contribution is -2.26. The van der Waals surface area contributed by atoms with Crippen molar-refractivity contribution in [3.63, 3.8) is 0 Å². The molecule has 130 valence electrons. The first-order valence-corrected chi connectivity index (χ1v) is 9.44. The van der Waals surface area contributed by atoms with Crippen molar-refractivity contribution in [3.05, 3.63) is 57.6 Å². The fraction of sp³-hybridized carbons (Fsp3) is 0.222. The van der Waals surface area contributed by atoms with Crippen molar-refractivity contribution < 1.29 is 9.59 Å². The Balaban J connectivity index is 1.78. The molecular formula is C18H16Cl2N2O2S. The maximum atomic E-state index is 12.7. The van der Waals surface area contributed by atoms with Gasteiger partial charge in [0.05, 0.1) is 15.7 Å². The molecule has 3 rings (SSSR count). The van der Waals surface area contributed by atoms with E-state index in [0.717, 1.165) is 16.2 Å². The van der Waals surface area contributed by atoms with Gasteiger partial charge in [-0.3, -0.25) is 9.59 Å². The topological polar surface area (TPSA) is 49.4 Å². The molecule has 0 bridgehead atoms. The SMILES string of the molecule is CN(Cc1ccc(Cl)c(Cl)c1)C(=O)c1ccc2c(c1)NC(=O)CCS2. The summed E-state index contributed by atoms with van der Waals surface area (Å²) in [6, 6.07) is 10.7. The van der Waals surface area contributed by atoms with Crippen molar-refractivity contribution >= 4 is 52.5 Å². The quantitative estimate of drug-likeness (QED) is 0.820. The van der Waals surface area contributed by atoms with E-state index >= 15 is 0 Å². The highest BCUT2D eigenvalue weighted by atomic mass is 35.5. The van der Waals surface area contributed by atoms with Gasteiger partial charge in [0.15, 0.2) is 0 Å². The minimum atomic E-state index is -0.127. The van der Waals surface area contributed by atoms with E-state index in [-0.39, 0.29) is 11.8 Å². The monoisotopic (exact) mass is 394 g/mol. The number of anilines is 1. The molecule has 0 saturated heterocycles. The molecule has 0 radical (unpaired) electrons. The summed E-state index contributed by atoms with van der Waals surface area (Å²) >= 11 is 13.6. The van der Waals surface area contributed by atoms with Gasteiger partial charge >= 0.3 is 0 Å². The second-order valence-corrected chi connectivity index (χ2v) is 7.72. The van der Waals surface area contributed by atoms with Crippen LogP contribution in [-0.2, 0) is 11.3 Å². The summed E-state index contributed by atoms with van der Waals surface area (Å²) in [4.78, 5) is 27.0. The van der Waals surface area contributed by atoms with E-state index in [9.17, 15) is 9.59 Å². The number of carbonyl (C=O) groups is 2. The van der Waals surface area contributed by atoms with E-state index in [2.05, 4.69) is 5.32 Å². The molecule has 2 aromatic rings. The van der Waals surface area contributed by atoms with Crippen LogP contribution in [0.15, 0.2) is 41.3 Å². The van der Waals surface area contributed by atoms with Gasteiger partial charge in [0.2, 0.25) is 5.91 Å². The van der Waals surface area contributed by atoms with Crippen LogP contribution in [0, 0.1) is 0 Å². The van der Waals surface area contributed by atoms with Crippen LogP contribution in [0.25, 0.3) is 0 Å². The van der Waals surface area contributed by atoms with E-state index in [4.69, 9.17) is 23.2 Å². The molecular weight excluding hydrogens is 379 g/mol. The number of carbonyl (C=O) groups excluding carboxylic acids is 2. The van der Waals surface area contributed by atoms with Crippen LogP contribution < -0.4 is 5.32 Å². The maximum absolute atomic E-state index is 12.7. The van der Waals surface area contributed by atoms with Gasteiger partial charge in [-0.05, 0) is 35.9 Å². The number of thioether (sulfide) groups is 1. The van der Waals surface area contributed by atoms with Crippen LogP contribution in [0.1, 0.15) is 22.3 Å². The van der Waals surface area contributed by atoms with E-state index in [1.54, 1.807) is 48.0 Å². The Hall–Kier alpha value is -1.69. The van der Waals surface area contributed by atoms with Crippen molar-refractivity contribution in [1.29, 1.82) is 0 Å². The molecule has 25 heavy (non-hydrogen) atoms. The molecule has 0 fully saturated rings. The lowest BCUT2D eigenvalue weighted by molar-refractivity contribution is -0.115. The number of nitrogens with zero attached hydrogens (tertiary/aromatic N) is 1. The Morgan fingerprint density at radius 1 is 1.20 bits per heavy atom. The molecule has 1 heterocycles. The van der Waals surface area contributed by atoms with Gasteiger partial charge in [0.1, 0.15) is 0 Å². The zero-order valence-electron chi connectivity index (χ0n) is 13.5. The number of nitrogens with one attached hydrogen (secondary N) is 1. The molecule has 0 unspecified atom stereocenters. The fourth-order valence-electron chi connectivity index (χ4n) is 2.56. The first kappa shape index (κ1) is 18.1. The predicted octanol–water partition coefficient (Wildman–Crippen LogP) is 4.70. The Morgan fingerprint density at radius 2 is 2.00 bits per heavy atom. The standard InChI is InChI=1S/C18H16Cl2N2O2S/c1-22(10-11-2-4-13(19)14(20)8-11)18(24)12-3-5-16-15(9-12)21-17(23)6-7-25-16/h2-5,8-9H,6-7,10H2,1H3,(H,21,23).